The number of hydrogen-bond donors (Lipinski definition) is 1. The van der Waals surface area contributed by atoms with E-state index in [-0.39, 0.29) is 24.4 Å². The van der Waals surface area contributed by atoms with Gasteiger partial charge < -0.3 is 15.1 Å². The lowest BCUT2D eigenvalue weighted by atomic mass is 9.90. The average molecular weight is 267 g/mol. The van der Waals surface area contributed by atoms with Gasteiger partial charge in [0.1, 0.15) is 5.54 Å². The van der Waals surface area contributed by atoms with Crippen LogP contribution in [0.15, 0.2) is 0 Å². The first-order valence-electron chi connectivity index (χ1n) is 7.11. The molecular weight excluding hydrogens is 242 g/mol. The zero-order valence-corrected chi connectivity index (χ0v) is 12.4. The predicted octanol–water partition coefficient (Wildman–Crippen LogP) is 0.454. The highest BCUT2D eigenvalue weighted by atomic mass is 16.2. The Bertz CT molecular complexity index is 379. The van der Waals surface area contributed by atoms with Crippen LogP contribution < -0.4 is 5.32 Å². The zero-order valence-electron chi connectivity index (χ0n) is 12.4. The van der Waals surface area contributed by atoms with Crippen molar-refractivity contribution in [3.63, 3.8) is 0 Å². The van der Waals surface area contributed by atoms with Crippen LogP contribution in [0.25, 0.3) is 0 Å². The first kappa shape index (κ1) is 14.3. The summed E-state index contributed by atoms with van der Waals surface area (Å²) < 4.78 is 0. The van der Waals surface area contributed by atoms with Crippen molar-refractivity contribution in [2.24, 2.45) is 5.92 Å². The van der Waals surface area contributed by atoms with Crippen molar-refractivity contribution in [2.45, 2.75) is 44.7 Å². The highest BCUT2D eigenvalue weighted by molar-refractivity contribution is 5.98. The molecule has 2 aliphatic rings. The average Bonchev–Trinajstić information content (AvgIpc) is 3.14. The van der Waals surface area contributed by atoms with Crippen molar-refractivity contribution >= 4 is 11.8 Å². The van der Waals surface area contributed by atoms with Crippen LogP contribution in [0.2, 0.25) is 0 Å². The van der Waals surface area contributed by atoms with Gasteiger partial charge in [0.05, 0.1) is 6.54 Å². The van der Waals surface area contributed by atoms with Crippen LogP contribution in [0.1, 0.15) is 33.1 Å². The summed E-state index contributed by atoms with van der Waals surface area (Å²) in [5.74, 6) is 0.402. The molecule has 1 aliphatic heterocycles. The Kier molecular flexibility index (Phi) is 3.85. The van der Waals surface area contributed by atoms with Gasteiger partial charge in [-0.25, -0.2) is 0 Å². The fourth-order valence-electron chi connectivity index (χ4n) is 2.80. The Hall–Kier alpha value is -1.10. The summed E-state index contributed by atoms with van der Waals surface area (Å²) in [4.78, 5) is 28.4. The number of nitrogens with one attached hydrogen (secondary N) is 1. The third-order valence-electron chi connectivity index (χ3n) is 4.34. The second-order valence-electron chi connectivity index (χ2n) is 6.40. The summed E-state index contributed by atoms with van der Waals surface area (Å²) in [5, 5.41) is 2.91. The molecule has 1 aliphatic carbocycles. The molecule has 2 fully saturated rings. The van der Waals surface area contributed by atoms with E-state index >= 15 is 0 Å². The molecule has 0 spiro atoms. The molecule has 1 N–H and O–H groups in total. The number of nitrogens with zero attached hydrogens (tertiary/aromatic N) is 2. The minimum absolute atomic E-state index is 0.0225. The van der Waals surface area contributed by atoms with Crippen LogP contribution in [-0.2, 0) is 9.59 Å². The van der Waals surface area contributed by atoms with Gasteiger partial charge in [-0.15, -0.1) is 0 Å². The van der Waals surface area contributed by atoms with Gasteiger partial charge in [-0.2, -0.15) is 0 Å². The van der Waals surface area contributed by atoms with Crippen molar-refractivity contribution in [2.75, 3.05) is 27.2 Å². The predicted molar refractivity (Wildman–Crippen MR) is 73.6 cm³/mol. The maximum atomic E-state index is 12.7. The zero-order chi connectivity index (χ0) is 14.2. The molecule has 1 saturated heterocycles. The van der Waals surface area contributed by atoms with E-state index in [2.05, 4.69) is 10.2 Å². The molecular formula is C14H25N3O2. The molecule has 2 unspecified atom stereocenters. The number of amides is 2. The standard InChI is InChI=1S/C14H25N3O2/c1-10(7-8-16(3)4)17-9-12(18)15-14(2,13(17)19)11-5-6-11/h10-11H,5-9H2,1-4H3,(H,15,18). The van der Waals surface area contributed by atoms with Crippen LogP contribution in [0, 0.1) is 5.92 Å². The number of carbonyl (C=O) groups excluding carboxylic acids is 2. The number of rotatable bonds is 5. The quantitative estimate of drug-likeness (QED) is 0.787. The maximum absolute atomic E-state index is 12.7. The van der Waals surface area contributed by atoms with Gasteiger partial charge in [-0.1, -0.05) is 0 Å². The Morgan fingerprint density at radius 1 is 1.42 bits per heavy atom. The topological polar surface area (TPSA) is 52.6 Å². The van der Waals surface area contributed by atoms with Crippen molar-refractivity contribution < 1.29 is 9.59 Å². The summed E-state index contributed by atoms with van der Waals surface area (Å²) in [6.07, 6.45) is 2.98. The molecule has 2 rings (SSSR count). The van der Waals surface area contributed by atoms with E-state index in [0.717, 1.165) is 25.8 Å². The SMILES string of the molecule is CC(CCN(C)C)N1CC(=O)NC(C)(C2CC2)C1=O. The summed E-state index contributed by atoms with van der Waals surface area (Å²) >= 11 is 0. The van der Waals surface area contributed by atoms with Crippen molar-refractivity contribution in [3.05, 3.63) is 0 Å². The van der Waals surface area contributed by atoms with Gasteiger partial charge in [-0.3, -0.25) is 9.59 Å². The first-order valence-corrected chi connectivity index (χ1v) is 7.11. The first-order chi connectivity index (χ1) is 8.84. The molecule has 0 bridgehead atoms. The molecule has 1 saturated carbocycles. The number of hydrogen-bond acceptors (Lipinski definition) is 3. The largest absolute Gasteiger partial charge is 0.340 e. The fourth-order valence-corrected chi connectivity index (χ4v) is 2.80. The van der Waals surface area contributed by atoms with Gasteiger partial charge in [-0.05, 0) is 59.7 Å². The highest BCUT2D eigenvalue weighted by Crippen LogP contribution is 2.41. The van der Waals surface area contributed by atoms with Gasteiger partial charge in [0.15, 0.2) is 0 Å². The van der Waals surface area contributed by atoms with Crippen LogP contribution in [0.5, 0.6) is 0 Å². The normalized spacial score (nSPS) is 29.6. The lowest BCUT2D eigenvalue weighted by Gasteiger charge is -2.43. The highest BCUT2D eigenvalue weighted by Gasteiger charge is 2.53. The molecule has 108 valence electrons. The van der Waals surface area contributed by atoms with Gasteiger partial charge >= 0.3 is 0 Å². The van der Waals surface area contributed by atoms with Gasteiger partial charge in [0.2, 0.25) is 11.8 Å². The van der Waals surface area contributed by atoms with E-state index in [1.165, 1.54) is 0 Å². The minimum atomic E-state index is -0.665. The van der Waals surface area contributed by atoms with Crippen molar-refractivity contribution in [3.8, 4) is 0 Å². The smallest absolute Gasteiger partial charge is 0.249 e. The molecule has 5 nitrogen and oxygen atoms in total. The maximum Gasteiger partial charge on any atom is 0.249 e. The molecule has 19 heavy (non-hydrogen) atoms. The molecule has 0 radical (unpaired) electrons. The Labute approximate surface area is 115 Å². The van der Waals surface area contributed by atoms with Crippen molar-refractivity contribution in [1.82, 2.24) is 15.1 Å². The molecule has 1 heterocycles. The fraction of sp³-hybridized carbons (Fsp3) is 0.857. The molecule has 0 aromatic rings. The van der Waals surface area contributed by atoms with Crippen LogP contribution in [0.4, 0.5) is 0 Å². The van der Waals surface area contributed by atoms with Gasteiger partial charge in [0, 0.05) is 6.04 Å². The monoisotopic (exact) mass is 267 g/mol. The van der Waals surface area contributed by atoms with E-state index in [1.807, 2.05) is 27.9 Å². The second kappa shape index (κ2) is 5.12. The molecule has 0 aromatic heterocycles. The lowest BCUT2D eigenvalue weighted by Crippen LogP contribution is -2.67. The Balaban J connectivity index is 2.06. The third kappa shape index (κ3) is 2.91. The Morgan fingerprint density at radius 3 is 2.58 bits per heavy atom. The van der Waals surface area contributed by atoms with Crippen LogP contribution in [0.3, 0.4) is 0 Å². The minimum Gasteiger partial charge on any atom is -0.340 e. The van der Waals surface area contributed by atoms with E-state index in [9.17, 15) is 9.59 Å². The third-order valence-corrected chi connectivity index (χ3v) is 4.34. The van der Waals surface area contributed by atoms with E-state index in [1.54, 1.807) is 4.90 Å². The summed E-state index contributed by atoms with van der Waals surface area (Å²) in [7, 11) is 4.04. The van der Waals surface area contributed by atoms with E-state index in [0.29, 0.717) is 5.92 Å². The van der Waals surface area contributed by atoms with E-state index < -0.39 is 5.54 Å². The van der Waals surface area contributed by atoms with Crippen LogP contribution in [-0.4, -0.2) is 60.4 Å². The Morgan fingerprint density at radius 2 is 2.05 bits per heavy atom. The number of carbonyl (C=O) groups is 2. The lowest BCUT2D eigenvalue weighted by molar-refractivity contribution is -0.152. The summed E-state index contributed by atoms with van der Waals surface area (Å²) in [5.41, 5.74) is -0.665. The van der Waals surface area contributed by atoms with E-state index in [4.69, 9.17) is 0 Å². The number of piperazine rings is 1. The molecule has 5 heteroatoms. The van der Waals surface area contributed by atoms with Gasteiger partial charge in [0.25, 0.3) is 0 Å². The van der Waals surface area contributed by atoms with Crippen molar-refractivity contribution in [1.29, 1.82) is 0 Å². The molecule has 2 atom stereocenters. The molecule has 2 amide bonds. The summed E-state index contributed by atoms with van der Waals surface area (Å²) in [6, 6.07) is 0.110. The molecule has 0 aromatic carbocycles. The summed E-state index contributed by atoms with van der Waals surface area (Å²) in [6.45, 7) is 5.05. The second-order valence-corrected chi connectivity index (χ2v) is 6.40. The van der Waals surface area contributed by atoms with Crippen LogP contribution >= 0.6 is 0 Å².